The van der Waals surface area contributed by atoms with Crippen molar-refractivity contribution in [3.05, 3.63) is 52.3 Å². The van der Waals surface area contributed by atoms with Crippen LogP contribution in [0.2, 0.25) is 5.02 Å². The Morgan fingerprint density at radius 1 is 1.17 bits per heavy atom. The summed E-state index contributed by atoms with van der Waals surface area (Å²) in [7, 11) is 0. The molecule has 1 heterocycles. The minimum Gasteiger partial charge on any atom is -0.457 e. The van der Waals surface area contributed by atoms with E-state index in [0.29, 0.717) is 0 Å². The summed E-state index contributed by atoms with van der Waals surface area (Å²) in [4.78, 5) is -0.567. The largest absolute Gasteiger partial charge is 0.457 e. The lowest BCUT2D eigenvalue weighted by molar-refractivity contribution is 0.0187. The van der Waals surface area contributed by atoms with Crippen LogP contribution in [0.4, 0.5) is 26.3 Å². The first kappa shape index (κ1) is 17.3. The summed E-state index contributed by atoms with van der Waals surface area (Å²) in [5, 5.41) is -3.87. The Balaban J connectivity index is 2.07. The van der Waals surface area contributed by atoms with E-state index in [2.05, 4.69) is 0 Å². The molecule has 3 rings (SSSR count). The molecule has 0 fully saturated rings. The number of halogens is 7. The molecule has 0 aromatic heterocycles. The van der Waals surface area contributed by atoms with E-state index in [4.69, 9.17) is 16.3 Å². The predicted molar refractivity (Wildman–Crippen MR) is 77.5 cm³/mol. The average Bonchev–Trinajstić information content (AvgIpc) is 2.67. The fourth-order valence-corrected chi connectivity index (χ4v) is 3.59. The number of benzene rings is 2. The second kappa shape index (κ2) is 6.07. The molecule has 0 aliphatic carbocycles. The van der Waals surface area contributed by atoms with Crippen molar-refractivity contribution in [1.29, 1.82) is 0 Å². The van der Waals surface area contributed by atoms with Gasteiger partial charge >= 0.3 is 5.25 Å². The molecule has 1 aliphatic rings. The molecular formula is C15H7ClF6OS. The van der Waals surface area contributed by atoms with Crippen LogP contribution in [0.1, 0.15) is 23.7 Å². The maximum Gasteiger partial charge on any atom is 0.333 e. The topological polar surface area (TPSA) is 9.23 Å². The molecule has 1 aliphatic heterocycles. The minimum atomic E-state index is -3.84. The van der Waals surface area contributed by atoms with Crippen LogP contribution in [0, 0.1) is 5.82 Å². The second-order valence-electron chi connectivity index (χ2n) is 4.93. The van der Waals surface area contributed by atoms with Crippen LogP contribution in [0.3, 0.4) is 0 Å². The molecule has 0 N–H and O–H groups in total. The average molecular weight is 385 g/mol. The van der Waals surface area contributed by atoms with Crippen LogP contribution in [-0.4, -0.2) is 5.25 Å². The Bertz CT molecular complexity index is 778. The standard InChI is InChI=1S/C15H7ClF6OS/c16-6-3-7(17)5-8(4-6)23-10-2-1-9-12(11(10)14(19)20)24-15(21,22)13(9)18/h1-5,13-14H. The van der Waals surface area contributed by atoms with Crippen molar-refractivity contribution in [3.63, 3.8) is 0 Å². The number of ether oxygens (including phenoxy) is 1. The van der Waals surface area contributed by atoms with Gasteiger partial charge in [-0.05, 0) is 30.0 Å². The SMILES string of the molecule is Fc1cc(Cl)cc(Oc2ccc3c(c2C(F)F)SC(F)(F)C3F)c1. The Morgan fingerprint density at radius 3 is 2.50 bits per heavy atom. The van der Waals surface area contributed by atoms with Gasteiger partial charge < -0.3 is 4.74 Å². The summed E-state index contributed by atoms with van der Waals surface area (Å²) >= 11 is 5.37. The molecule has 128 valence electrons. The van der Waals surface area contributed by atoms with Gasteiger partial charge in [0.05, 0.1) is 5.56 Å². The zero-order valence-corrected chi connectivity index (χ0v) is 13.1. The van der Waals surface area contributed by atoms with Crippen molar-refractivity contribution in [3.8, 4) is 11.5 Å². The zero-order chi connectivity index (χ0) is 17.6. The molecule has 0 bridgehead atoms. The van der Waals surface area contributed by atoms with Crippen LogP contribution in [0.15, 0.2) is 35.2 Å². The maximum atomic E-state index is 13.7. The third kappa shape index (κ3) is 3.04. The van der Waals surface area contributed by atoms with Crippen molar-refractivity contribution >= 4 is 23.4 Å². The lowest BCUT2D eigenvalue weighted by Gasteiger charge is -2.14. The maximum absolute atomic E-state index is 13.7. The van der Waals surface area contributed by atoms with Gasteiger partial charge in [-0.3, -0.25) is 0 Å². The monoisotopic (exact) mass is 384 g/mol. The molecule has 0 spiro atoms. The number of thioether (sulfide) groups is 1. The molecule has 0 amide bonds. The lowest BCUT2D eigenvalue weighted by Crippen LogP contribution is -2.11. The highest BCUT2D eigenvalue weighted by Gasteiger charge is 2.51. The van der Waals surface area contributed by atoms with Crippen molar-refractivity contribution in [2.24, 2.45) is 0 Å². The highest BCUT2D eigenvalue weighted by Crippen LogP contribution is 2.59. The van der Waals surface area contributed by atoms with E-state index in [1.54, 1.807) is 0 Å². The van der Waals surface area contributed by atoms with E-state index in [1.165, 1.54) is 6.07 Å². The first-order valence-electron chi connectivity index (χ1n) is 6.49. The Morgan fingerprint density at radius 2 is 1.88 bits per heavy atom. The molecule has 24 heavy (non-hydrogen) atoms. The normalized spacial score (nSPS) is 18.8. The molecular weight excluding hydrogens is 378 g/mol. The van der Waals surface area contributed by atoms with Crippen molar-refractivity contribution in [1.82, 2.24) is 0 Å². The molecule has 1 nitrogen and oxygen atoms in total. The van der Waals surface area contributed by atoms with Gasteiger partial charge in [-0.15, -0.1) is 0 Å². The van der Waals surface area contributed by atoms with Gasteiger partial charge in [0, 0.05) is 21.5 Å². The van der Waals surface area contributed by atoms with Gasteiger partial charge in [-0.25, -0.2) is 17.6 Å². The number of hydrogen-bond donors (Lipinski definition) is 0. The van der Waals surface area contributed by atoms with Crippen LogP contribution in [-0.2, 0) is 0 Å². The van der Waals surface area contributed by atoms with Crippen LogP contribution >= 0.6 is 23.4 Å². The smallest absolute Gasteiger partial charge is 0.333 e. The summed E-state index contributed by atoms with van der Waals surface area (Å²) in [6, 6.07) is 4.96. The van der Waals surface area contributed by atoms with Crippen LogP contribution < -0.4 is 4.74 Å². The van der Waals surface area contributed by atoms with Crippen molar-refractivity contribution in [2.45, 2.75) is 22.7 Å². The van der Waals surface area contributed by atoms with Crippen LogP contribution in [0.5, 0.6) is 11.5 Å². The fraction of sp³-hybridized carbons (Fsp3) is 0.200. The minimum absolute atomic E-state index is 0.0329. The van der Waals surface area contributed by atoms with Gasteiger partial charge in [0.1, 0.15) is 17.3 Å². The van der Waals surface area contributed by atoms with Gasteiger partial charge in [-0.1, -0.05) is 17.7 Å². The molecule has 9 heteroatoms. The fourth-order valence-electron chi connectivity index (χ4n) is 2.29. The Hall–Kier alpha value is -1.54. The van der Waals surface area contributed by atoms with Gasteiger partial charge in [-0.2, -0.15) is 8.78 Å². The molecule has 2 aromatic rings. The highest BCUT2D eigenvalue weighted by molar-refractivity contribution is 8.00. The van der Waals surface area contributed by atoms with Gasteiger partial charge in [0.15, 0.2) is 6.17 Å². The van der Waals surface area contributed by atoms with Gasteiger partial charge in [0.2, 0.25) is 0 Å². The molecule has 1 unspecified atom stereocenters. The second-order valence-corrected chi connectivity index (χ2v) is 6.52. The molecule has 0 radical (unpaired) electrons. The first-order valence-corrected chi connectivity index (χ1v) is 7.68. The molecule has 0 saturated heterocycles. The van der Waals surface area contributed by atoms with E-state index in [1.807, 2.05) is 0 Å². The Kier molecular flexibility index (Phi) is 4.37. The Labute approximate surface area is 141 Å². The molecule has 0 saturated carbocycles. The van der Waals surface area contributed by atoms with Crippen molar-refractivity contribution in [2.75, 3.05) is 0 Å². The third-order valence-electron chi connectivity index (χ3n) is 3.27. The number of rotatable bonds is 3. The summed E-state index contributed by atoms with van der Waals surface area (Å²) < 4.78 is 85.8. The number of hydrogen-bond acceptors (Lipinski definition) is 2. The van der Waals surface area contributed by atoms with E-state index in [-0.39, 0.29) is 22.5 Å². The third-order valence-corrected chi connectivity index (χ3v) is 4.63. The van der Waals surface area contributed by atoms with E-state index < -0.39 is 45.4 Å². The number of fused-ring (bicyclic) bond motifs is 1. The van der Waals surface area contributed by atoms with E-state index in [0.717, 1.165) is 24.3 Å². The summed E-state index contributed by atoms with van der Waals surface area (Å²) in [6.45, 7) is 0. The highest BCUT2D eigenvalue weighted by atomic mass is 35.5. The van der Waals surface area contributed by atoms with E-state index >= 15 is 0 Å². The molecule has 1 atom stereocenters. The summed E-state index contributed by atoms with van der Waals surface area (Å²) in [5.74, 6) is -1.42. The lowest BCUT2D eigenvalue weighted by atomic mass is 10.1. The first-order chi connectivity index (χ1) is 11.2. The predicted octanol–water partition coefficient (Wildman–Crippen LogP) is 6.92. The number of alkyl halides is 5. The zero-order valence-electron chi connectivity index (χ0n) is 11.5. The molecule has 2 aromatic carbocycles. The van der Waals surface area contributed by atoms with E-state index in [9.17, 15) is 26.3 Å². The summed E-state index contributed by atoms with van der Waals surface area (Å²) in [5.41, 5.74) is -1.39. The quantitative estimate of drug-likeness (QED) is 0.531. The van der Waals surface area contributed by atoms with Gasteiger partial charge in [0.25, 0.3) is 6.43 Å². The summed E-state index contributed by atoms with van der Waals surface area (Å²) in [6.07, 6.45) is -5.87. The van der Waals surface area contributed by atoms with Crippen molar-refractivity contribution < 1.29 is 31.1 Å². The van der Waals surface area contributed by atoms with Crippen LogP contribution in [0.25, 0.3) is 0 Å².